The van der Waals surface area contributed by atoms with Crippen molar-refractivity contribution >= 4 is 0 Å². The maximum absolute atomic E-state index is 8.14. The molecule has 0 fully saturated rings. The van der Waals surface area contributed by atoms with Gasteiger partial charge in [0, 0.05) is 7.05 Å². The Morgan fingerprint density at radius 3 is 2.88 bits per heavy atom. The predicted octanol–water partition coefficient (Wildman–Crippen LogP) is 1.02. The number of rotatable bonds is 2. The second-order valence-electron chi connectivity index (χ2n) is 1.61. The van der Waals surface area contributed by atoms with Gasteiger partial charge in [0.1, 0.15) is 0 Å². The Morgan fingerprint density at radius 1 is 1.88 bits per heavy atom. The van der Waals surface area contributed by atoms with Crippen molar-refractivity contribution in [3.63, 3.8) is 0 Å². The first-order valence-electron chi connectivity index (χ1n) is 2.51. The van der Waals surface area contributed by atoms with Gasteiger partial charge in [0.2, 0.25) is 0 Å². The fourth-order valence-electron chi connectivity index (χ4n) is 0.422. The van der Waals surface area contributed by atoms with E-state index in [-0.39, 0.29) is 0 Å². The van der Waals surface area contributed by atoms with Crippen molar-refractivity contribution in [1.82, 2.24) is 5.32 Å². The average molecular weight is 110 g/mol. The van der Waals surface area contributed by atoms with E-state index in [2.05, 4.69) is 5.32 Å². The van der Waals surface area contributed by atoms with Gasteiger partial charge in [-0.3, -0.25) is 0 Å². The van der Waals surface area contributed by atoms with E-state index in [1.54, 1.807) is 0 Å². The molecule has 0 unspecified atom stereocenters. The molecule has 0 aromatic heterocycles. The van der Waals surface area contributed by atoms with Gasteiger partial charge in [-0.1, -0.05) is 0 Å². The van der Waals surface area contributed by atoms with Crippen molar-refractivity contribution in [1.29, 1.82) is 5.26 Å². The molecule has 0 aliphatic carbocycles. The number of nitriles is 1. The summed E-state index contributed by atoms with van der Waals surface area (Å²) in [6.07, 6.45) is 2.34. The first kappa shape index (κ1) is 7.03. The highest BCUT2D eigenvalue weighted by atomic mass is 14.8. The highest BCUT2D eigenvalue weighted by Gasteiger charge is 1.81. The van der Waals surface area contributed by atoms with Gasteiger partial charge in [-0.05, 0) is 18.7 Å². The Labute approximate surface area is 49.8 Å². The Morgan fingerprint density at radius 2 is 2.50 bits per heavy atom. The third-order valence-electron chi connectivity index (χ3n) is 0.749. The Balaban J connectivity index is 3.49. The van der Waals surface area contributed by atoms with Crippen LogP contribution in [0.2, 0.25) is 0 Å². The topological polar surface area (TPSA) is 35.8 Å². The van der Waals surface area contributed by atoms with Gasteiger partial charge in [-0.25, -0.2) is 0 Å². The van der Waals surface area contributed by atoms with Crippen LogP contribution in [0.15, 0.2) is 11.8 Å². The highest BCUT2D eigenvalue weighted by molar-refractivity contribution is 5.02. The van der Waals surface area contributed by atoms with Crippen LogP contribution in [0.1, 0.15) is 13.3 Å². The number of nitrogens with one attached hydrogen (secondary N) is 1. The molecule has 0 saturated heterocycles. The van der Waals surface area contributed by atoms with E-state index in [0.29, 0.717) is 6.42 Å². The van der Waals surface area contributed by atoms with Gasteiger partial charge in [0.25, 0.3) is 0 Å². The number of hydrogen-bond donors (Lipinski definition) is 1. The summed E-state index contributed by atoms with van der Waals surface area (Å²) in [5, 5.41) is 11.0. The first-order valence-corrected chi connectivity index (χ1v) is 2.51. The molecule has 0 saturated carbocycles. The molecule has 2 nitrogen and oxygen atoms in total. The maximum atomic E-state index is 8.14. The van der Waals surface area contributed by atoms with Crippen molar-refractivity contribution in [2.75, 3.05) is 7.05 Å². The zero-order valence-electron chi connectivity index (χ0n) is 5.23. The molecule has 2 heteroatoms. The van der Waals surface area contributed by atoms with E-state index in [0.717, 1.165) is 5.57 Å². The highest BCUT2D eigenvalue weighted by Crippen LogP contribution is 1.93. The molecule has 0 amide bonds. The summed E-state index contributed by atoms with van der Waals surface area (Å²) in [5.74, 6) is 0. The SMILES string of the molecule is CN/C=C(\C)CC#N. The molecule has 0 spiro atoms. The molecule has 8 heavy (non-hydrogen) atoms. The average Bonchev–Trinajstić information content (AvgIpc) is 1.68. The van der Waals surface area contributed by atoms with Crippen molar-refractivity contribution in [3.8, 4) is 6.07 Å². The molecular formula is C6H10N2. The minimum Gasteiger partial charge on any atom is -0.394 e. The third kappa shape index (κ3) is 3.23. The number of hydrogen-bond acceptors (Lipinski definition) is 2. The molecule has 0 aromatic carbocycles. The number of nitrogens with zero attached hydrogens (tertiary/aromatic N) is 1. The van der Waals surface area contributed by atoms with E-state index < -0.39 is 0 Å². The predicted molar refractivity (Wildman–Crippen MR) is 33.0 cm³/mol. The monoisotopic (exact) mass is 110 g/mol. The molecular weight excluding hydrogens is 100 g/mol. The minimum absolute atomic E-state index is 0.515. The van der Waals surface area contributed by atoms with Gasteiger partial charge in [0.05, 0.1) is 12.5 Å². The van der Waals surface area contributed by atoms with E-state index in [4.69, 9.17) is 5.26 Å². The summed E-state index contributed by atoms with van der Waals surface area (Å²) >= 11 is 0. The Bertz CT molecular complexity index is 119. The molecule has 0 rings (SSSR count). The second kappa shape index (κ2) is 4.20. The summed E-state index contributed by atoms with van der Waals surface area (Å²) < 4.78 is 0. The summed E-state index contributed by atoms with van der Waals surface area (Å²) in [7, 11) is 1.82. The van der Waals surface area contributed by atoms with Crippen LogP contribution in [-0.2, 0) is 0 Å². The Hall–Kier alpha value is -0.970. The molecule has 0 radical (unpaired) electrons. The van der Waals surface area contributed by atoms with Gasteiger partial charge in [-0.15, -0.1) is 0 Å². The Kier molecular flexibility index (Phi) is 3.69. The van der Waals surface area contributed by atoms with E-state index in [1.165, 1.54) is 0 Å². The largest absolute Gasteiger partial charge is 0.394 e. The minimum atomic E-state index is 0.515. The molecule has 1 N–H and O–H groups in total. The van der Waals surface area contributed by atoms with E-state index >= 15 is 0 Å². The van der Waals surface area contributed by atoms with Gasteiger partial charge in [-0.2, -0.15) is 5.26 Å². The smallest absolute Gasteiger partial charge is 0.0666 e. The lowest BCUT2D eigenvalue weighted by atomic mass is 10.2. The second-order valence-corrected chi connectivity index (χ2v) is 1.61. The summed E-state index contributed by atoms with van der Waals surface area (Å²) in [6.45, 7) is 1.92. The molecule has 0 heterocycles. The maximum Gasteiger partial charge on any atom is 0.0666 e. The first-order chi connectivity index (χ1) is 3.81. The van der Waals surface area contributed by atoms with Crippen LogP contribution in [0, 0.1) is 11.3 Å². The van der Waals surface area contributed by atoms with Crippen molar-refractivity contribution in [2.45, 2.75) is 13.3 Å². The molecule has 0 bridgehead atoms. The number of allylic oxidation sites excluding steroid dienone is 1. The lowest BCUT2D eigenvalue weighted by Gasteiger charge is -1.89. The van der Waals surface area contributed by atoms with Crippen LogP contribution in [0.3, 0.4) is 0 Å². The quantitative estimate of drug-likeness (QED) is 0.576. The fourth-order valence-corrected chi connectivity index (χ4v) is 0.422. The summed E-state index contributed by atoms with van der Waals surface area (Å²) in [5.41, 5.74) is 1.06. The van der Waals surface area contributed by atoms with Crippen LogP contribution >= 0.6 is 0 Å². The van der Waals surface area contributed by atoms with E-state index in [9.17, 15) is 0 Å². The normalized spacial score (nSPS) is 10.4. The fraction of sp³-hybridized carbons (Fsp3) is 0.500. The van der Waals surface area contributed by atoms with Crippen LogP contribution in [0.4, 0.5) is 0 Å². The summed E-state index contributed by atoms with van der Waals surface area (Å²) in [4.78, 5) is 0. The van der Waals surface area contributed by atoms with Crippen LogP contribution in [0.5, 0.6) is 0 Å². The van der Waals surface area contributed by atoms with Gasteiger partial charge < -0.3 is 5.32 Å². The van der Waals surface area contributed by atoms with Crippen molar-refractivity contribution in [3.05, 3.63) is 11.8 Å². The molecule has 0 atom stereocenters. The third-order valence-corrected chi connectivity index (χ3v) is 0.749. The lowest BCUT2D eigenvalue weighted by Crippen LogP contribution is -1.93. The molecule has 44 valence electrons. The molecule has 0 aromatic rings. The standard InChI is InChI=1S/C6H10N2/c1-6(3-4-7)5-8-2/h5,8H,3H2,1-2H3/b6-5+. The van der Waals surface area contributed by atoms with Crippen molar-refractivity contribution in [2.24, 2.45) is 0 Å². The summed E-state index contributed by atoms with van der Waals surface area (Å²) in [6, 6.07) is 2.04. The van der Waals surface area contributed by atoms with Gasteiger partial charge >= 0.3 is 0 Å². The zero-order chi connectivity index (χ0) is 6.41. The zero-order valence-corrected chi connectivity index (χ0v) is 5.23. The van der Waals surface area contributed by atoms with Crippen molar-refractivity contribution < 1.29 is 0 Å². The lowest BCUT2D eigenvalue weighted by molar-refractivity contribution is 1.05. The molecule has 0 aliphatic rings. The van der Waals surface area contributed by atoms with E-state index in [1.807, 2.05) is 26.2 Å². The van der Waals surface area contributed by atoms with Gasteiger partial charge in [0.15, 0.2) is 0 Å². The van der Waals surface area contributed by atoms with Crippen LogP contribution in [-0.4, -0.2) is 7.05 Å². The van der Waals surface area contributed by atoms with Crippen LogP contribution < -0.4 is 5.32 Å². The molecule has 0 aliphatic heterocycles. The van der Waals surface area contributed by atoms with Crippen LogP contribution in [0.25, 0.3) is 0 Å².